The zero-order valence-corrected chi connectivity index (χ0v) is 14.1. The summed E-state index contributed by atoms with van der Waals surface area (Å²) in [5.74, 6) is 0.923. The van der Waals surface area contributed by atoms with Gasteiger partial charge in [0.2, 0.25) is 11.8 Å². The molecule has 3 heterocycles. The summed E-state index contributed by atoms with van der Waals surface area (Å²) in [7, 11) is 0. The van der Waals surface area contributed by atoms with Gasteiger partial charge in [-0.3, -0.25) is 9.59 Å². The molecule has 0 aromatic carbocycles. The van der Waals surface area contributed by atoms with Crippen LogP contribution in [0, 0.1) is 17.3 Å². The van der Waals surface area contributed by atoms with E-state index in [1.165, 1.54) is 6.42 Å². The lowest BCUT2D eigenvalue weighted by Crippen LogP contribution is -2.50. The molecule has 5 nitrogen and oxygen atoms in total. The predicted octanol–water partition coefficient (Wildman–Crippen LogP) is 1.24. The lowest BCUT2D eigenvalue weighted by Gasteiger charge is -2.41. The molecule has 1 N–H and O–H groups in total. The van der Waals surface area contributed by atoms with E-state index >= 15 is 0 Å². The number of nitrogens with one attached hydrogen (secondary N) is 1. The average Bonchev–Trinajstić information content (AvgIpc) is 3.36. The number of carbonyl (C=O) groups is 2. The second-order valence-electron chi connectivity index (χ2n) is 8.15. The molecule has 3 aliphatic heterocycles. The van der Waals surface area contributed by atoms with Gasteiger partial charge in [0.05, 0.1) is 5.92 Å². The molecule has 4 fully saturated rings. The van der Waals surface area contributed by atoms with Crippen LogP contribution in [-0.2, 0) is 9.59 Å². The molecule has 1 spiro atoms. The number of hydrogen-bond donors (Lipinski definition) is 1. The SMILES string of the molecule is O=C(C1CCCN(C(=O)C2CC2)C1)N1CCC2(CCNC2)CC1. The number of amides is 2. The molecule has 5 heteroatoms. The zero-order chi connectivity index (χ0) is 15.9. The summed E-state index contributed by atoms with van der Waals surface area (Å²) in [6, 6.07) is 0. The molecule has 0 aromatic rings. The van der Waals surface area contributed by atoms with Crippen molar-refractivity contribution in [2.75, 3.05) is 39.3 Å². The maximum atomic E-state index is 12.9. The van der Waals surface area contributed by atoms with Gasteiger partial charge < -0.3 is 15.1 Å². The number of carbonyl (C=O) groups excluding carboxylic acids is 2. The molecule has 0 bridgehead atoms. The van der Waals surface area contributed by atoms with E-state index in [9.17, 15) is 9.59 Å². The smallest absolute Gasteiger partial charge is 0.227 e. The summed E-state index contributed by atoms with van der Waals surface area (Å²) in [5.41, 5.74) is 0.456. The van der Waals surface area contributed by atoms with Gasteiger partial charge >= 0.3 is 0 Å². The van der Waals surface area contributed by atoms with E-state index < -0.39 is 0 Å². The van der Waals surface area contributed by atoms with Crippen molar-refractivity contribution in [3.8, 4) is 0 Å². The van der Waals surface area contributed by atoms with E-state index in [0.29, 0.717) is 23.8 Å². The first-order chi connectivity index (χ1) is 11.2. The minimum absolute atomic E-state index is 0.0437. The van der Waals surface area contributed by atoms with E-state index in [2.05, 4.69) is 10.2 Å². The van der Waals surface area contributed by atoms with Crippen LogP contribution in [0.5, 0.6) is 0 Å². The molecule has 2 amide bonds. The van der Waals surface area contributed by atoms with Crippen LogP contribution in [0.3, 0.4) is 0 Å². The number of rotatable bonds is 2. The third-order valence-corrected chi connectivity index (χ3v) is 6.48. The molecular weight excluding hydrogens is 290 g/mol. The quantitative estimate of drug-likeness (QED) is 0.833. The first-order valence-electron chi connectivity index (χ1n) is 9.45. The van der Waals surface area contributed by atoms with Gasteiger partial charge in [-0.15, -0.1) is 0 Å². The largest absolute Gasteiger partial charge is 0.342 e. The van der Waals surface area contributed by atoms with Crippen LogP contribution >= 0.6 is 0 Å². The topological polar surface area (TPSA) is 52.7 Å². The van der Waals surface area contributed by atoms with E-state index in [-0.39, 0.29) is 11.8 Å². The molecule has 1 saturated carbocycles. The number of nitrogens with zero attached hydrogens (tertiary/aromatic N) is 2. The number of hydrogen-bond acceptors (Lipinski definition) is 3. The third-order valence-electron chi connectivity index (χ3n) is 6.48. The maximum absolute atomic E-state index is 12.9. The van der Waals surface area contributed by atoms with Crippen molar-refractivity contribution >= 4 is 11.8 Å². The van der Waals surface area contributed by atoms with Gasteiger partial charge in [-0.2, -0.15) is 0 Å². The molecule has 23 heavy (non-hydrogen) atoms. The van der Waals surface area contributed by atoms with Crippen LogP contribution in [0.4, 0.5) is 0 Å². The molecule has 4 aliphatic rings. The standard InChI is InChI=1S/C18H29N3O2/c22-16(14-3-4-14)21-9-1-2-15(12-21)17(23)20-10-6-18(7-11-20)5-8-19-13-18/h14-15,19H,1-13H2. The van der Waals surface area contributed by atoms with Crippen LogP contribution in [-0.4, -0.2) is 60.9 Å². The van der Waals surface area contributed by atoms with Crippen molar-refractivity contribution in [1.82, 2.24) is 15.1 Å². The highest BCUT2D eigenvalue weighted by Crippen LogP contribution is 2.38. The summed E-state index contributed by atoms with van der Waals surface area (Å²) >= 11 is 0. The van der Waals surface area contributed by atoms with Crippen molar-refractivity contribution in [1.29, 1.82) is 0 Å². The monoisotopic (exact) mass is 319 g/mol. The van der Waals surface area contributed by atoms with Crippen molar-refractivity contribution in [2.24, 2.45) is 17.3 Å². The van der Waals surface area contributed by atoms with Gasteiger partial charge in [0.25, 0.3) is 0 Å². The molecule has 128 valence electrons. The summed E-state index contributed by atoms with van der Waals surface area (Å²) in [6.45, 7) is 5.60. The highest BCUT2D eigenvalue weighted by molar-refractivity contribution is 5.83. The van der Waals surface area contributed by atoms with Gasteiger partial charge in [0, 0.05) is 38.6 Å². The highest BCUT2D eigenvalue weighted by atomic mass is 16.2. The first-order valence-corrected chi connectivity index (χ1v) is 9.45. The van der Waals surface area contributed by atoms with Crippen molar-refractivity contribution < 1.29 is 9.59 Å². The van der Waals surface area contributed by atoms with E-state index in [0.717, 1.165) is 71.2 Å². The number of piperidine rings is 2. The Morgan fingerprint density at radius 1 is 0.870 bits per heavy atom. The normalized spacial score (nSPS) is 30.7. The van der Waals surface area contributed by atoms with Crippen LogP contribution in [0.1, 0.15) is 44.9 Å². The van der Waals surface area contributed by atoms with Gasteiger partial charge in [-0.25, -0.2) is 0 Å². The fourth-order valence-electron chi connectivity index (χ4n) is 4.65. The Morgan fingerprint density at radius 3 is 2.26 bits per heavy atom. The van der Waals surface area contributed by atoms with E-state index in [1.54, 1.807) is 0 Å². The second-order valence-corrected chi connectivity index (χ2v) is 8.15. The van der Waals surface area contributed by atoms with Gasteiger partial charge in [0.15, 0.2) is 0 Å². The molecule has 1 unspecified atom stereocenters. The average molecular weight is 319 g/mol. The van der Waals surface area contributed by atoms with E-state index in [1.807, 2.05) is 4.90 Å². The summed E-state index contributed by atoms with van der Waals surface area (Å²) in [6.07, 6.45) is 7.59. The van der Waals surface area contributed by atoms with Gasteiger partial charge in [0.1, 0.15) is 0 Å². The first kappa shape index (κ1) is 15.4. The van der Waals surface area contributed by atoms with Crippen LogP contribution in [0.2, 0.25) is 0 Å². The van der Waals surface area contributed by atoms with Crippen LogP contribution in [0.15, 0.2) is 0 Å². The third kappa shape index (κ3) is 3.12. The molecular formula is C18H29N3O2. The Balaban J connectivity index is 1.32. The Labute approximate surface area is 138 Å². The molecule has 3 saturated heterocycles. The summed E-state index contributed by atoms with van der Waals surface area (Å²) in [5, 5.41) is 3.48. The van der Waals surface area contributed by atoms with Crippen molar-refractivity contribution in [2.45, 2.75) is 44.9 Å². The maximum Gasteiger partial charge on any atom is 0.227 e. The van der Waals surface area contributed by atoms with Crippen molar-refractivity contribution in [3.63, 3.8) is 0 Å². The molecule has 0 aromatic heterocycles. The Hall–Kier alpha value is -1.10. The van der Waals surface area contributed by atoms with Gasteiger partial charge in [-0.05, 0) is 56.9 Å². The Kier molecular flexibility index (Phi) is 4.08. The molecule has 4 rings (SSSR count). The zero-order valence-electron chi connectivity index (χ0n) is 14.1. The molecule has 1 atom stereocenters. The lowest BCUT2D eigenvalue weighted by atomic mass is 9.77. The van der Waals surface area contributed by atoms with Crippen molar-refractivity contribution in [3.05, 3.63) is 0 Å². The Bertz CT molecular complexity index is 473. The highest BCUT2D eigenvalue weighted by Gasteiger charge is 2.41. The van der Waals surface area contributed by atoms with Gasteiger partial charge in [-0.1, -0.05) is 0 Å². The number of likely N-dealkylation sites (tertiary alicyclic amines) is 2. The fourth-order valence-corrected chi connectivity index (χ4v) is 4.65. The van der Waals surface area contributed by atoms with Crippen LogP contribution < -0.4 is 5.32 Å². The fraction of sp³-hybridized carbons (Fsp3) is 0.889. The molecule has 0 radical (unpaired) electrons. The summed E-state index contributed by atoms with van der Waals surface area (Å²) < 4.78 is 0. The van der Waals surface area contributed by atoms with E-state index in [4.69, 9.17) is 0 Å². The minimum Gasteiger partial charge on any atom is -0.342 e. The molecule has 1 aliphatic carbocycles. The minimum atomic E-state index is 0.0437. The second kappa shape index (κ2) is 6.08. The Morgan fingerprint density at radius 2 is 1.61 bits per heavy atom. The van der Waals surface area contributed by atoms with Crippen LogP contribution in [0.25, 0.3) is 0 Å². The predicted molar refractivity (Wildman–Crippen MR) is 87.8 cm³/mol. The summed E-state index contributed by atoms with van der Waals surface area (Å²) in [4.78, 5) is 29.2. The lowest BCUT2D eigenvalue weighted by molar-refractivity contribution is -0.143.